The third-order valence-corrected chi connectivity index (χ3v) is 9.76. The Morgan fingerprint density at radius 2 is 1.83 bits per heavy atom. The first-order valence-electron chi connectivity index (χ1n) is 14.1. The molecule has 5 rings (SSSR count). The average Bonchev–Trinajstić information content (AvgIpc) is 3.70. The maximum Gasteiger partial charge on any atom is 2.00 e. The number of carbonyl (C=O) groups is 1. The van der Waals surface area contributed by atoms with Crippen LogP contribution in [-0.4, -0.2) is 64.7 Å². The summed E-state index contributed by atoms with van der Waals surface area (Å²) in [6.45, 7) is 3.66. The molecular weight excluding hydrogens is 590 g/mol. The van der Waals surface area contributed by atoms with Gasteiger partial charge in [0.1, 0.15) is 0 Å². The number of carboxylic acid groups (broad SMARTS) is 1. The molecule has 1 saturated carbocycles. The Morgan fingerprint density at radius 1 is 1.07 bits per heavy atom. The van der Waals surface area contributed by atoms with Gasteiger partial charge >= 0.3 is 43.7 Å². The number of fused-ring (bicyclic) bond motifs is 1. The van der Waals surface area contributed by atoms with Gasteiger partial charge in [0.05, 0.1) is 23.2 Å². The molecule has 1 aliphatic carbocycles. The van der Waals surface area contributed by atoms with E-state index in [1.54, 1.807) is 0 Å². The van der Waals surface area contributed by atoms with Gasteiger partial charge in [-0.2, -0.15) is 11.8 Å². The number of aliphatic hydroxyl groups is 1. The zero-order chi connectivity index (χ0) is 29.0. The van der Waals surface area contributed by atoms with Crippen LogP contribution in [0, 0.1) is 5.41 Å². The molecule has 216 valence electrons. The number of hydrogen-bond donors (Lipinski definition) is 2. The number of aryl methyl sites for hydroxylation is 1. The number of nitrogens with zero attached hydrogens (tertiary/aromatic N) is 1. The number of carboxylic acids is 1. The number of benzene rings is 3. The number of aromatic nitrogens is 1. The summed E-state index contributed by atoms with van der Waals surface area (Å²) in [6, 6.07) is 26.5. The van der Waals surface area contributed by atoms with E-state index in [-0.39, 0.29) is 57.7 Å². The molecule has 1 aliphatic rings. The second kappa shape index (κ2) is 14.3. The Kier molecular flexibility index (Phi) is 11.2. The third-order valence-electron chi connectivity index (χ3n) is 7.83. The minimum absolute atomic E-state index is 0. The van der Waals surface area contributed by atoms with Crippen molar-refractivity contribution in [1.29, 1.82) is 0 Å². The van der Waals surface area contributed by atoms with Crippen LogP contribution in [0.25, 0.3) is 23.1 Å². The predicted molar refractivity (Wildman–Crippen MR) is 179 cm³/mol. The van der Waals surface area contributed by atoms with Crippen molar-refractivity contribution in [2.24, 2.45) is 5.41 Å². The van der Waals surface area contributed by atoms with Crippen LogP contribution in [0.5, 0.6) is 0 Å². The first-order chi connectivity index (χ1) is 19.6. The molecule has 4 aromatic rings. The molecule has 0 amide bonds. The molecular formula is C35H38CaClNO3S. The van der Waals surface area contributed by atoms with Crippen LogP contribution >= 0.6 is 23.4 Å². The van der Waals surface area contributed by atoms with E-state index in [4.69, 9.17) is 16.6 Å². The smallest absolute Gasteiger partial charge is 1.00 e. The summed E-state index contributed by atoms with van der Waals surface area (Å²) >= 11 is 8.04. The summed E-state index contributed by atoms with van der Waals surface area (Å²) in [5, 5.41) is 22.1. The SMILES string of the molecule is CC(C)(O)c1ccccc1CC[C@@H](SCC1(CC(=O)O)CC1)c1cccc(C=Cc2ccc3ccc(Cl)cc3n2)c1.[Ca+2].[H-].[H-]. The molecule has 0 radical (unpaired) electrons. The number of pyridine rings is 1. The fourth-order valence-electron chi connectivity index (χ4n) is 5.36. The van der Waals surface area contributed by atoms with Gasteiger partial charge < -0.3 is 13.1 Å². The fourth-order valence-corrected chi connectivity index (χ4v) is 7.09. The first-order valence-corrected chi connectivity index (χ1v) is 15.5. The molecule has 0 spiro atoms. The van der Waals surface area contributed by atoms with Crippen molar-refractivity contribution in [1.82, 2.24) is 4.98 Å². The topological polar surface area (TPSA) is 70.4 Å². The Morgan fingerprint density at radius 3 is 2.57 bits per heavy atom. The van der Waals surface area contributed by atoms with Crippen LogP contribution in [0.1, 0.15) is 75.6 Å². The van der Waals surface area contributed by atoms with Crippen molar-refractivity contribution >= 4 is 90.1 Å². The summed E-state index contributed by atoms with van der Waals surface area (Å²) in [4.78, 5) is 16.2. The van der Waals surface area contributed by atoms with Crippen molar-refractivity contribution in [3.63, 3.8) is 0 Å². The Hall–Kier alpha value is -1.86. The van der Waals surface area contributed by atoms with Gasteiger partial charge in [0.25, 0.3) is 0 Å². The summed E-state index contributed by atoms with van der Waals surface area (Å²) in [5.41, 5.74) is 5.15. The van der Waals surface area contributed by atoms with Gasteiger partial charge in [0.2, 0.25) is 0 Å². The molecule has 1 fully saturated rings. The van der Waals surface area contributed by atoms with Crippen LogP contribution in [0.2, 0.25) is 5.02 Å². The summed E-state index contributed by atoms with van der Waals surface area (Å²) in [6.07, 6.45) is 8.02. The maximum absolute atomic E-state index is 11.5. The summed E-state index contributed by atoms with van der Waals surface area (Å²) < 4.78 is 0. The minimum atomic E-state index is -0.911. The third kappa shape index (κ3) is 8.84. The summed E-state index contributed by atoms with van der Waals surface area (Å²) in [7, 11) is 0. The molecule has 0 aliphatic heterocycles. The van der Waals surface area contributed by atoms with Gasteiger partial charge in [0, 0.05) is 21.4 Å². The molecule has 7 heteroatoms. The number of rotatable bonds is 12. The van der Waals surface area contributed by atoms with E-state index in [1.807, 2.05) is 74.1 Å². The van der Waals surface area contributed by atoms with Gasteiger partial charge in [-0.1, -0.05) is 78.3 Å². The Bertz CT molecular complexity index is 1590. The largest absolute Gasteiger partial charge is 2.00 e. The van der Waals surface area contributed by atoms with E-state index in [0.29, 0.717) is 5.02 Å². The number of aliphatic carboxylic acids is 1. The van der Waals surface area contributed by atoms with E-state index in [9.17, 15) is 15.0 Å². The van der Waals surface area contributed by atoms with Gasteiger partial charge in [-0.25, -0.2) is 4.98 Å². The predicted octanol–water partition coefficient (Wildman–Crippen LogP) is 8.79. The van der Waals surface area contributed by atoms with E-state index < -0.39 is 11.6 Å². The zero-order valence-electron chi connectivity index (χ0n) is 26.2. The van der Waals surface area contributed by atoms with Crippen molar-refractivity contribution in [3.05, 3.63) is 112 Å². The number of halogens is 1. The quantitative estimate of drug-likeness (QED) is 0.154. The zero-order valence-corrected chi connectivity index (χ0v) is 28.0. The molecule has 42 heavy (non-hydrogen) atoms. The Labute approximate surface area is 290 Å². The minimum Gasteiger partial charge on any atom is -1.00 e. The maximum atomic E-state index is 11.5. The molecule has 3 aromatic carbocycles. The van der Waals surface area contributed by atoms with Gasteiger partial charge in [-0.05, 0) is 91.5 Å². The number of hydrogen-bond acceptors (Lipinski definition) is 4. The molecule has 1 atom stereocenters. The standard InChI is InChI=1S/C35H36ClNO3S.Ca.2H/c1-34(2,40)30-9-4-3-7-25(30)13-17-32(41-23-35(18-19-35)22-33(38)39)27-8-5-6-24(20-27)10-15-29-16-12-26-11-14-28(36)21-31(26)37-29;;;/h3-12,14-16,20-21,32,40H,13,17-19,22-23H2,1-2H3,(H,38,39);;;/q;+2;2*-1/t32-;;;/m1.../s1. The second-order valence-corrected chi connectivity index (χ2v) is 13.3. The van der Waals surface area contributed by atoms with E-state index in [0.717, 1.165) is 64.7 Å². The molecule has 0 unspecified atom stereocenters. The molecule has 0 saturated heterocycles. The van der Waals surface area contributed by atoms with Gasteiger partial charge in [0.15, 0.2) is 0 Å². The van der Waals surface area contributed by atoms with E-state index in [1.165, 1.54) is 5.56 Å². The van der Waals surface area contributed by atoms with Crippen LogP contribution < -0.4 is 0 Å². The first kappa shape index (κ1) is 33.0. The molecule has 4 nitrogen and oxygen atoms in total. The van der Waals surface area contributed by atoms with Crippen molar-refractivity contribution in [2.45, 2.75) is 56.8 Å². The van der Waals surface area contributed by atoms with Crippen molar-refractivity contribution in [3.8, 4) is 0 Å². The number of thioether (sulfide) groups is 1. The van der Waals surface area contributed by atoms with Crippen LogP contribution in [0.15, 0.2) is 78.9 Å². The van der Waals surface area contributed by atoms with Gasteiger partial charge in [-0.15, -0.1) is 0 Å². The van der Waals surface area contributed by atoms with Crippen LogP contribution in [0.3, 0.4) is 0 Å². The molecule has 1 aromatic heterocycles. The Balaban J connectivity index is 0.00000225. The monoisotopic (exact) mass is 627 g/mol. The second-order valence-electron chi connectivity index (χ2n) is 11.7. The average molecular weight is 628 g/mol. The normalized spacial score (nSPS) is 15.0. The van der Waals surface area contributed by atoms with Crippen molar-refractivity contribution in [2.75, 3.05) is 5.75 Å². The molecule has 0 bridgehead atoms. The van der Waals surface area contributed by atoms with Crippen LogP contribution in [-0.2, 0) is 16.8 Å². The van der Waals surface area contributed by atoms with E-state index >= 15 is 0 Å². The summed E-state index contributed by atoms with van der Waals surface area (Å²) in [5.74, 6) is 0.122. The molecule has 1 heterocycles. The fraction of sp³-hybridized carbons (Fsp3) is 0.314. The van der Waals surface area contributed by atoms with Crippen LogP contribution in [0.4, 0.5) is 0 Å². The molecule has 2 N–H and O–H groups in total. The van der Waals surface area contributed by atoms with Crippen molar-refractivity contribution < 1.29 is 17.9 Å². The van der Waals surface area contributed by atoms with Gasteiger partial charge in [-0.3, -0.25) is 4.79 Å². The van der Waals surface area contributed by atoms with E-state index in [2.05, 4.69) is 42.5 Å².